The maximum atomic E-state index is 12.9. The van der Waals surface area contributed by atoms with Crippen LogP contribution in [0.2, 0.25) is 0 Å². The molecule has 7 heteroatoms. The van der Waals surface area contributed by atoms with Crippen molar-refractivity contribution in [3.8, 4) is 0 Å². The molecule has 0 fully saturated rings. The molecule has 0 radical (unpaired) electrons. The van der Waals surface area contributed by atoms with Crippen LogP contribution in [0.15, 0.2) is 23.1 Å². The van der Waals surface area contributed by atoms with Crippen molar-refractivity contribution in [3.63, 3.8) is 0 Å². The van der Waals surface area contributed by atoms with E-state index < -0.39 is 21.7 Å². The molecule has 1 aromatic carbocycles. The van der Waals surface area contributed by atoms with Gasteiger partial charge in [0.2, 0.25) is 10.0 Å². The first kappa shape index (κ1) is 14.0. The molecule has 17 heavy (non-hydrogen) atoms. The van der Waals surface area contributed by atoms with Gasteiger partial charge in [-0.25, -0.2) is 21.9 Å². The van der Waals surface area contributed by atoms with E-state index in [1.807, 2.05) is 0 Å². The highest BCUT2D eigenvalue weighted by molar-refractivity contribution is 7.89. The third kappa shape index (κ3) is 3.72. The molecule has 0 bridgehead atoms. The number of hydrogen-bond donors (Lipinski definition) is 2. The fourth-order valence-corrected chi connectivity index (χ4v) is 2.22. The number of aliphatic hydroxyl groups is 1. The molecule has 0 aliphatic heterocycles. The van der Waals surface area contributed by atoms with Gasteiger partial charge in [0.05, 0.1) is 4.90 Å². The molecule has 1 aromatic rings. The zero-order valence-electron chi connectivity index (χ0n) is 9.15. The Kier molecular flexibility index (Phi) is 4.55. The SMILES string of the molecule is CC(CO)CNS(=O)(=O)c1ccc(F)c(F)c1. The Morgan fingerprint density at radius 1 is 1.35 bits per heavy atom. The summed E-state index contributed by atoms with van der Waals surface area (Å²) in [5.41, 5.74) is 0. The van der Waals surface area contributed by atoms with Crippen molar-refractivity contribution in [2.24, 2.45) is 5.92 Å². The van der Waals surface area contributed by atoms with Gasteiger partial charge in [0.15, 0.2) is 11.6 Å². The lowest BCUT2D eigenvalue weighted by atomic mass is 10.2. The number of rotatable bonds is 5. The molecule has 0 amide bonds. The quantitative estimate of drug-likeness (QED) is 0.830. The van der Waals surface area contributed by atoms with Gasteiger partial charge in [-0.1, -0.05) is 6.92 Å². The van der Waals surface area contributed by atoms with Crippen molar-refractivity contribution >= 4 is 10.0 Å². The largest absolute Gasteiger partial charge is 0.396 e. The third-order valence-electron chi connectivity index (χ3n) is 2.13. The van der Waals surface area contributed by atoms with Gasteiger partial charge in [-0.15, -0.1) is 0 Å². The molecule has 0 saturated carbocycles. The van der Waals surface area contributed by atoms with Gasteiger partial charge in [0.1, 0.15) is 0 Å². The van der Waals surface area contributed by atoms with Crippen LogP contribution in [0.5, 0.6) is 0 Å². The molecule has 0 spiro atoms. The van der Waals surface area contributed by atoms with E-state index in [1.165, 1.54) is 0 Å². The van der Waals surface area contributed by atoms with Crippen LogP contribution < -0.4 is 4.72 Å². The summed E-state index contributed by atoms with van der Waals surface area (Å²) in [4.78, 5) is -0.346. The zero-order valence-corrected chi connectivity index (χ0v) is 9.97. The number of halogens is 2. The lowest BCUT2D eigenvalue weighted by Gasteiger charge is -2.10. The van der Waals surface area contributed by atoms with Gasteiger partial charge in [0.25, 0.3) is 0 Å². The summed E-state index contributed by atoms with van der Waals surface area (Å²) in [5, 5.41) is 8.74. The van der Waals surface area contributed by atoms with Gasteiger partial charge < -0.3 is 5.11 Å². The standard InChI is InChI=1S/C10H13F2NO3S/c1-7(6-14)5-13-17(15,16)8-2-3-9(11)10(12)4-8/h2-4,7,13-14H,5-6H2,1H3. The van der Waals surface area contributed by atoms with Crippen LogP contribution in [-0.2, 0) is 10.0 Å². The van der Waals surface area contributed by atoms with Gasteiger partial charge in [0, 0.05) is 13.2 Å². The minimum Gasteiger partial charge on any atom is -0.396 e. The number of nitrogens with one attached hydrogen (secondary N) is 1. The second kappa shape index (κ2) is 5.52. The van der Waals surface area contributed by atoms with E-state index in [-0.39, 0.29) is 24.0 Å². The predicted octanol–water partition coefficient (Wildman–Crippen LogP) is 0.872. The first-order valence-electron chi connectivity index (χ1n) is 4.92. The summed E-state index contributed by atoms with van der Waals surface area (Å²) in [6.45, 7) is 1.51. The highest BCUT2D eigenvalue weighted by Crippen LogP contribution is 2.13. The second-order valence-corrected chi connectivity index (χ2v) is 5.48. The average molecular weight is 265 g/mol. The van der Waals surface area contributed by atoms with Gasteiger partial charge in [-0.2, -0.15) is 0 Å². The Morgan fingerprint density at radius 3 is 2.53 bits per heavy atom. The smallest absolute Gasteiger partial charge is 0.240 e. The van der Waals surface area contributed by atoms with Gasteiger partial charge >= 0.3 is 0 Å². The van der Waals surface area contributed by atoms with E-state index in [0.717, 1.165) is 12.1 Å². The summed E-state index contributed by atoms with van der Waals surface area (Å²) in [5.74, 6) is -2.58. The van der Waals surface area contributed by atoms with Gasteiger partial charge in [-0.3, -0.25) is 0 Å². The average Bonchev–Trinajstić information content (AvgIpc) is 2.29. The maximum absolute atomic E-state index is 12.9. The number of sulfonamides is 1. The summed E-state index contributed by atoms with van der Waals surface area (Å²) in [7, 11) is -3.87. The van der Waals surface area contributed by atoms with Crippen LogP contribution in [0.3, 0.4) is 0 Å². The molecule has 0 saturated heterocycles. The summed E-state index contributed by atoms with van der Waals surface area (Å²) in [6.07, 6.45) is 0. The molecule has 1 atom stereocenters. The van der Waals surface area contributed by atoms with E-state index >= 15 is 0 Å². The van der Waals surface area contributed by atoms with Crippen LogP contribution in [0.25, 0.3) is 0 Å². The van der Waals surface area contributed by atoms with Gasteiger partial charge in [-0.05, 0) is 24.1 Å². The van der Waals surface area contributed by atoms with E-state index in [2.05, 4.69) is 4.72 Å². The van der Waals surface area contributed by atoms with E-state index in [4.69, 9.17) is 5.11 Å². The Hall–Kier alpha value is -1.05. The maximum Gasteiger partial charge on any atom is 0.240 e. The fraction of sp³-hybridized carbons (Fsp3) is 0.400. The van der Waals surface area contributed by atoms with Crippen molar-refractivity contribution in [1.29, 1.82) is 0 Å². The predicted molar refractivity (Wildman–Crippen MR) is 57.8 cm³/mol. The molecule has 96 valence electrons. The van der Waals surface area contributed by atoms with E-state index in [9.17, 15) is 17.2 Å². The topological polar surface area (TPSA) is 66.4 Å². The second-order valence-electron chi connectivity index (χ2n) is 3.72. The van der Waals surface area contributed by atoms with Crippen LogP contribution in [0.4, 0.5) is 8.78 Å². The molecule has 0 aliphatic rings. The monoisotopic (exact) mass is 265 g/mol. The normalized spacial score (nSPS) is 13.6. The zero-order chi connectivity index (χ0) is 13.1. The summed E-state index contributed by atoms with van der Waals surface area (Å²) >= 11 is 0. The van der Waals surface area contributed by atoms with Crippen LogP contribution in [0.1, 0.15) is 6.92 Å². The van der Waals surface area contributed by atoms with Crippen molar-refractivity contribution < 1.29 is 22.3 Å². The molecule has 0 aliphatic carbocycles. The number of hydrogen-bond acceptors (Lipinski definition) is 3. The van der Waals surface area contributed by atoms with Crippen molar-refractivity contribution in [2.75, 3.05) is 13.2 Å². The summed E-state index contributed by atoms with van der Waals surface area (Å²) in [6, 6.07) is 2.34. The fourth-order valence-electron chi connectivity index (χ4n) is 1.04. The molecule has 0 heterocycles. The van der Waals surface area contributed by atoms with Crippen molar-refractivity contribution in [2.45, 2.75) is 11.8 Å². The molecule has 1 rings (SSSR count). The van der Waals surface area contributed by atoms with E-state index in [0.29, 0.717) is 6.07 Å². The molecular formula is C10H13F2NO3S. The third-order valence-corrected chi connectivity index (χ3v) is 3.56. The minimum absolute atomic E-state index is 0.0256. The highest BCUT2D eigenvalue weighted by atomic mass is 32.2. The molecular weight excluding hydrogens is 252 g/mol. The lowest BCUT2D eigenvalue weighted by molar-refractivity contribution is 0.238. The lowest BCUT2D eigenvalue weighted by Crippen LogP contribution is -2.29. The van der Waals surface area contributed by atoms with E-state index in [1.54, 1.807) is 6.92 Å². The number of benzene rings is 1. The van der Waals surface area contributed by atoms with Crippen molar-refractivity contribution in [1.82, 2.24) is 4.72 Å². The molecule has 4 nitrogen and oxygen atoms in total. The Balaban J connectivity index is 2.86. The highest BCUT2D eigenvalue weighted by Gasteiger charge is 2.16. The number of aliphatic hydroxyl groups excluding tert-OH is 1. The van der Waals surface area contributed by atoms with Crippen LogP contribution in [-0.4, -0.2) is 26.7 Å². The minimum atomic E-state index is -3.87. The molecule has 2 N–H and O–H groups in total. The van der Waals surface area contributed by atoms with Crippen LogP contribution >= 0.6 is 0 Å². The first-order chi connectivity index (χ1) is 7.86. The Bertz CT molecular complexity index is 490. The summed E-state index contributed by atoms with van der Waals surface area (Å²) < 4.78 is 51.0. The Labute approximate surface area is 98.3 Å². The van der Waals surface area contributed by atoms with Crippen LogP contribution in [0, 0.1) is 17.6 Å². The molecule has 0 aromatic heterocycles. The molecule has 1 unspecified atom stereocenters. The first-order valence-corrected chi connectivity index (χ1v) is 6.40. The Morgan fingerprint density at radius 2 is 2.00 bits per heavy atom. The van der Waals surface area contributed by atoms with Crippen molar-refractivity contribution in [3.05, 3.63) is 29.8 Å².